The van der Waals surface area contributed by atoms with E-state index < -0.39 is 47.7 Å². The molecule has 10 heteroatoms. The van der Waals surface area contributed by atoms with E-state index in [2.05, 4.69) is 16.0 Å². The molecule has 38 heavy (non-hydrogen) atoms. The fourth-order valence-corrected chi connectivity index (χ4v) is 5.00. The Bertz CT molecular complexity index is 983. The predicted octanol–water partition coefficient (Wildman–Crippen LogP) is 0.790. The average Bonchev–Trinajstić information content (AvgIpc) is 3.36. The minimum Gasteiger partial charge on any atom is -0.391 e. The van der Waals surface area contributed by atoms with E-state index >= 15 is 0 Å². The van der Waals surface area contributed by atoms with Gasteiger partial charge >= 0.3 is 0 Å². The molecule has 0 radical (unpaired) electrons. The molecule has 1 aromatic carbocycles. The zero-order valence-corrected chi connectivity index (χ0v) is 22.6. The van der Waals surface area contributed by atoms with Gasteiger partial charge in [0.15, 0.2) is 0 Å². The van der Waals surface area contributed by atoms with Gasteiger partial charge in [-0.25, -0.2) is 0 Å². The quantitative estimate of drug-likeness (QED) is 0.298. The smallest absolute Gasteiger partial charge is 0.246 e. The highest BCUT2D eigenvalue weighted by molar-refractivity contribution is 5.99. The molecule has 2 fully saturated rings. The van der Waals surface area contributed by atoms with Crippen molar-refractivity contribution in [3.63, 3.8) is 0 Å². The third-order valence-electron chi connectivity index (χ3n) is 7.41. The van der Waals surface area contributed by atoms with Crippen LogP contribution in [-0.2, 0) is 25.6 Å². The predicted molar refractivity (Wildman–Crippen MR) is 142 cm³/mol. The van der Waals surface area contributed by atoms with Crippen LogP contribution in [0, 0.1) is 0 Å². The highest BCUT2D eigenvalue weighted by Crippen LogP contribution is 2.21. The summed E-state index contributed by atoms with van der Waals surface area (Å²) in [6.45, 7) is 5.09. The molecule has 0 aromatic heterocycles. The number of nitrogens with zero attached hydrogens (tertiary/aromatic N) is 1. The average molecular weight is 531 g/mol. The van der Waals surface area contributed by atoms with Crippen LogP contribution in [0.4, 0.5) is 0 Å². The summed E-state index contributed by atoms with van der Waals surface area (Å²) < 4.78 is 0. The van der Waals surface area contributed by atoms with Crippen molar-refractivity contribution in [1.29, 1.82) is 0 Å². The molecule has 4 amide bonds. The molecule has 0 saturated carbocycles. The topological polar surface area (TPSA) is 148 Å². The Hall–Kier alpha value is -2.98. The molecule has 2 unspecified atom stereocenters. The van der Waals surface area contributed by atoms with Crippen molar-refractivity contribution >= 4 is 23.6 Å². The van der Waals surface area contributed by atoms with E-state index in [1.165, 1.54) is 11.8 Å². The fourth-order valence-electron chi connectivity index (χ4n) is 5.00. The number of fused-ring (bicyclic) bond motifs is 1. The first-order valence-electron chi connectivity index (χ1n) is 13.6. The molecular weight excluding hydrogens is 488 g/mol. The first-order chi connectivity index (χ1) is 18.0. The second-order valence-corrected chi connectivity index (χ2v) is 11.0. The Balaban J connectivity index is 1.77. The lowest BCUT2D eigenvalue weighted by atomic mass is 9.98. The van der Waals surface area contributed by atoms with Gasteiger partial charge in [0, 0.05) is 13.0 Å². The maximum Gasteiger partial charge on any atom is 0.246 e. The summed E-state index contributed by atoms with van der Waals surface area (Å²) in [7, 11) is 0. The molecule has 3 rings (SSSR count). The maximum atomic E-state index is 13.6. The van der Waals surface area contributed by atoms with E-state index in [1.807, 2.05) is 30.3 Å². The minimum atomic E-state index is -1.32. The first kappa shape index (κ1) is 29.6. The lowest BCUT2D eigenvalue weighted by Crippen LogP contribution is -2.64. The van der Waals surface area contributed by atoms with Crippen LogP contribution in [0.2, 0.25) is 0 Å². The highest BCUT2D eigenvalue weighted by Gasteiger charge is 2.42. The molecule has 10 nitrogen and oxygen atoms in total. The van der Waals surface area contributed by atoms with E-state index in [-0.39, 0.29) is 18.2 Å². The molecule has 2 aliphatic heterocycles. The van der Waals surface area contributed by atoms with E-state index in [4.69, 9.17) is 0 Å². The molecule has 210 valence electrons. The Kier molecular flexibility index (Phi) is 10.3. The van der Waals surface area contributed by atoms with E-state index in [1.54, 1.807) is 13.8 Å². The number of hydrogen-bond acceptors (Lipinski definition) is 6. The Morgan fingerprint density at radius 1 is 0.974 bits per heavy atom. The maximum absolute atomic E-state index is 13.6. The van der Waals surface area contributed by atoms with Gasteiger partial charge in [0.1, 0.15) is 23.7 Å². The summed E-state index contributed by atoms with van der Waals surface area (Å²) in [6, 6.07) is 6.92. The van der Waals surface area contributed by atoms with Gasteiger partial charge in [0.25, 0.3) is 0 Å². The van der Waals surface area contributed by atoms with E-state index in [0.29, 0.717) is 51.5 Å². The number of aliphatic hydroxyl groups excluding tert-OH is 2. The lowest BCUT2D eigenvalue weighted by molar-refractivity contribution is -0.144. The SMILES string of the molecule is CC(O)C(O)CCCCC[C@@H]1NC(=O)[C@@H]2CCCN2C(=O)[C@H](Cc2ccccc2)NC(=O)C(C)(C)NC1=O. The Morgan fingerprint density at radius 3 is 2.37 bits per heavy atom. The van der Waals surface area contributed by atoms with Gasteiger partial charge in [-0.2, -0.15) is 0 Å². The molecule has 2 saturated heterocycles. The largest absolute Gasteiger partial charge is 0.391 e. The first-order valence-corrected chi connectivity index (χ1v) is 13.6. The third-order valence-corrected chi connectivity index (χ3v) is 7.41. The van der Waals surface area contributed by atoms with Gasteiger partial charge in [-0.15, -0.1) is 0 Å². The summed E-state index contributed by atoms with van der Waals surface area (Å²) in [6.07, 6.45) is 2.56. The number of hydrogen-bond donors (Lipinski definition) is 5. The highest BCUT2D eigenvalue weighted by atomic mass is 16.3. The van der Waals surface area contributed by atoms with Crippen LogP contribution in [0.1, 0.15) is 71.3 Å². The van der Waals surface area contributed by atoms with Crippen LogP contribution in [-0.4, -0.2) is 81.2 Å². The van der Waals surface area contributed by atoms with Crippen molar-refractivity contribution in [3.8, 4) is 0 Å². The van der Waals surface area contributed by atoms with Crippen molar-refractivity contribution in [3.05, 3.63) is 35.9 Å². The standard InChI is InChI=1S/C28H42N4O6/c1-18(33)23(34)15-9-5-8-13-20-24(35)31-28(2,3)27(38)30-21(17-19-11-6-4-7-12-19)26(37)32-16-10-14-22(32)25(36)29-20/h4,6-7,11-12,18,20-23,33-34H,5,8-10,13-17H2,1-3H3,(H,29,36)(H,30,38)(H,31,35)/t18?,20-,21-,22-,23?/m0/s1. The van der Waals surface area contributed by atoms with Crippen LogP contribution in [0.5, 0.6) is 0 Å². The van der Waals surface area contributed by atoms with Crippen LogP contribution < -0.4 is 16.0 Å². The van der Waals surface area contributed by atoms with Crippen molar-refractivity contribution in [2.45, 2.75) is 108 Å². The third kappa shape index (κ3) is 7.77. The monoisotopic (exact) mass is 530 g/mol. The van der Waals surface area contributed by atoms with Crippen molar-refractivity contribution < 1.29 is 29.4 Å². The number of nitrogens with one attached hydrogen (secondary N) is 3. The van der Waals surface area contributed by atoms with Crippen molar-refractivity contribution in [2.75, 3.05) is 6.54 Å². The number of rotatable bonds is 9. The molecule has 1 aromatic rings. The number of aliphatic hydroxyl groups is 2. The van der Waals surface area contributed by atoms with Gasteiger partial charge in [-0.05, 0) is 52.0 Å². The number of carbonyl (C=O) groups excluding carboxylic acids is 4. The molecule has 0 aliphatic carbocycles. The number of amides is 4. The molecule has 0 bridgehead atoms. The van der Waals surface area contributed by atoms with E-state index in [9.17, 15) is 29.4 Å². The normalized spacial score (nSPS) is 25.8. The van der Waals surface area contributed by atoms with Crippen molar-refractivity contribution in [2.24, 2.45) is 0 Å². The number of benzene rings is 1. The van der Waals surface area contributed by atoms with Crippen LogP contribution in [0.15, 0.2) is 30.3 Å². The fraction of sp³-hybridized carbons (Fsp3) is 0.643. The van der Waals surface area contributed by atoms with Crippen LogP contribution >= 0.6 is 0 Å². The van der Waals surface area contributed by atoms with Gasteiger partial charge in [0.05, 0.1) is 12.2 Å². The zero-order chi connectivity index (χ0) is 27.9. The molecule has 0 spiro atoms. The second-order valence-electron chi connectivity index (χ2n) is 11.0. The molecule has 5 N–H and O–H groups in total. The summed E-state index contributed by atoms with van der Waals surface area (Å²) >= 11 is 0. The molecule has 2 heterocycles. The van der Waals surface area contributed by atoms with Crippen LogP contribution in [0.3, 0.4) is 0 Å². The number of carbonyl (C=O) groups is 4. The summed E-state index contributed by atoms with van der Waals surface area (Å²) in [5.74, 6) is -1.62. The van der Waals surface area contributed by atoms with Gasteiger partial charge in [-0.1, -0.05) is 49.6 Å². The molecule has 2 aliphatic rings. The second kappa shape index (κ2) is 13.2. The molecule has 5 atom stereocenters. The number of unbranched alkanes of at least 4 members (excludes halogenated alkanes) is 2. The van der Waals surface area contributed by atoms with Crippen LogP contribution in [0.25, 0.3) is 0 Å². The summed E-state index contributed by atoms with van der Waals surface area (Å²) in [5.41, 5.74) is -0.443. The van der Waals surface area contributed by atoms with E-state index in [0.717, 1.165) is 5.56 Å². The van der Waals surface area contributed by atoms with Gasteiger partial charge < -0.3 is 31.1 Å². The van der Waals surface area contributed by atoms with Gasteiger partial charge in [0.2, 0.25) is 23.6 Å². The Labute approximate surface area is 224 Å². The lowest BCUT2D eigenvalue weighted by Gasteiger charge is -2.34. The summed E-state index contributed by atoms with van der Waals surface area (Å²) in [5, 5.41) is 27.7. The summed E-state index contributed by atoms with van der Waals surface area (Å²) in [4.78, 5) is 55.1. The Morgan fingerprint density at radius 2 is 1.68 bits per heavy atom. The minimum absolute atomic E-state index is 0.270. The van der Waals surface area contributed by atoms with Crippen molar-refractivity contribution in [1.82, 2.24) is 20.9 Å². The molecular formula is C28H42N4O6. The zero-order valence-electron chi connectivity index (χ0n) is 22.6. The van der Waals surface area contributed by atoms with Gasteiger partial charge in [-0.3, -0.25) is 19.2 Å².